The van der Waals surface area contributed by atoms with Gasteiger partial charge >= 0.3 is 6.18 Å². The molecule has 0 aliphatic heterocycles. The van der Waals surface area contributed by atoms with Crippen LogP contribution in [0.25, 0.3) is 5.52 Å². The van der Waals surface area contributed by atoms with Crippen LogP contribution in [0.3, 0.4) is 0 Å². The van der Waals surface area contributed by atoms with E-state index in [-0.39, 0.29) is 12.5 Å². The van der Waals surface area contributed by atoms with Gasteiger partial charge in [-0.1, -0.05) is 0 Å². The highest BCUT2D eigenvalue weighted by molar-refractivity contribution is 5.45. The summed E-state index contributed by atoms with van der Waals surface area (Å²) < 4.78 is 39.5. The number of anilines is 1. The summed E-state index contributed by atoms with van der Waals surface area (Å²) in [4.78, 5) is 3.95. The van der Waals surface area contributed by atoms with Gasteiger partial charge in [-0.3, -0.25) is 0 Å². The molecule has 0 aliphatic rings. The Labute approximate surface area is 102 Å². The third kappa shape index (κ3) is 2.39. The molecule has 7 heteroatoms. The lowest BCUT2D eigenvalue weighted by Crippen LogP contribution is -2.38. The first kappa shape index (κ1) is 12.7. The number of alkyl halides is 3. The van der Waals surface area contributed by atoms with Crippen molar-refractivity contribution < 1.29 is 13.2 Å². The first-order valence-corrected chi connectivity index (χ1v) is 5.41. The van der Waals surface area contributed by atoms with Gasteiger partial charge in [0, 0.05) is 12.7 Å². The van der Waals surface area contributed by atoms with Gasteiger partial charge in [0.2, 0.25) is 5.95 Å². The van der Waals surface area contributed by atoms with Crippen LogP contribution in [0.4, 0.5) is 19.1 Å². The van der Waals surface area contributed by atoms with E-state index in [2.05, 4.69) is 15.4 Å². The van der Waals surface area contributed by atoms with E-state index in [1.54, 1.807) is 23.0 Å². The van der Waals surface area contributed by atoms with Crippen LogP contribution in [-0.2, 0) is 0 Å². The molecule has 0 unspecified atom stereocenters. The molecule has 0 amide bonds. The number of halogens is 3. The second-order valence-electron chi connectivity index (χ2n) is 4.69. The van der Waals surface area contributed by atoms with Crippen LogP contribution >= 0.6 is 0 Å². The van der Waals surface area contributed by atoms with E-state index in [4.69, 9.17) is 0 Å². The molecule has 2 aromatic rings. The van der Waals surface area contributed by atoms with Crippen LogP contribution in [0.1, 0.15) is 13.8 Å². The second-order valence-corrected chi connectivity index (χ2v) is 4.69. The van der Waals surface area contributed by atoms with Gasteiger partial charge in [0.15, 0.2) is 0 Å². The van der Waals surface area contributed by atoms with Crippen molar-refractivity contribution in [3.63, 3.8) is 0 Å². The molecule has 2 rings (SSSR count). The molecule has 0 aromatic carbocycles. The van der Waals surface area contributed by atoms with Crippen LogP contribution < -0.4 is 5.32 Å². The molecule has 0 aliphatic carbocycles. The van der Waals surface area contributed by atoms with Crippen molar-refractivity contribution in [1.29, 1.82) is 0 Å². The Morgan fingerprint density at radius 1 is 1.33 bits per heavy atom. The zero-order valence-electron chi connectivity index (χ0n) is 9.99. The van der Waals surface area contributed by atoms with Crippen molar-refractivity contribution >= 4 is 11.5 Å². The van der Waals surface area contributed by atoms with Crippen molar-refractivity contribution in [2.75, 3.05) is 11.9 Å². The summed E-state index contributed by atoms with van der Waals surface area (Å²) in [6.07, 6.45) is -1.01. The summed E-state index contributed by atoms with van der Waals surface area (Å²) in [5.41, 5.74) is -1.04. The van der Waals surface area contributed by atoms with Crippen molar-refractivity contribution in [2.45, 2.75) is 20.0 Å². The highest BCUT2D eigenvalue weighted by atomic mass is 19.4. The Morgan fingerprint density at radius 3 is 2.72 bits per heavy atom. The largest absolute Gasteiger partial charge is 0.395 e. The van der Waals surface area contributed by atoms with E-state index in [0.29, 0.717) is 0 Å². The highest BCUT2D eigenvalue weighted by Crippen LogP contribution is 2.37. The van der Waals surface area contributed by atoms with Crippen LogP contribution in [0.15, 0.2) is 24.5 Å². The lowest BCUT2D eigenvalue weighted by Gasteiger charge is -2.27. The first-order chi connectivity index (χ1) is 8.29. The van der Waals surface area contributed by atoms with Gasteiger partial charge in [0.25, 0.3) is 0 Å². The predicted octanol–water partition coefficient (Wildman–Crippen LogP) is 2.73. The fourth-order valence-electron chi connectivity index (χ4n) is 1.32. The normalized spacial score (nSPS) is 12.9. The number of aromatic nitrogens is 3. The molecule has 2 aromatic heterocycles. The molecule has 4 nitrogen and oxygen atoms in total. The van der Waals surface area contributed by atoms with Crippen molar-refractivity contribution in [2.24, 2.45) is 5.41 Å². The summed E-state index contributed by atoms with van der Waals surface area (Å²) in [6.45, 7) is 1.99. The lowest BCUT2D eigenvalue weighted by atomic mass is 9.93. The molecule has 0 saturated carbocycles. The number of fused-ring (bicyclic) bond motifs is 1. The zero-order chi connectivity index (χ0) is 13.4. The minimum atomic E-state index is -4.27. The molecule has 2 heterocycles. The first-order valence-electron chi connectivity index (χ1n) is 5.41. The van der Waals surface area contributed by atoms with Crippen LogP contribution in [0, 0.1) is 5.41 Å². The van der Waals surface area contributed by atoms with Gasteiger partial charge in [0.1, 0.15) is 0 Å². The maximum Gasteiger partial charge on any atom is 0.395 e. The van der Waals surface area contributed by atoms with E-state index < -0.39 is 11.6 Å². The van der Waals surface area contributed by atoms with E-state index in [1.165, 1.54) is 0 Å². The van der Waals surface area contributed by atoms with Crippen molar-refractivity contribution in [3.05, 3.63) is 24.5 Å². The molecule has 0 saturated heterocycles. The van der Waals surface area contributed by atoms with E-state index in [0.717, 1.165) is 19.4 Å². The summed E-state index contributed by atoms with van der Waals surface area (Å²) in [6, 6.07) is 3.59. The van der Waals surface area contributed by atoms with Gasteiger partial charge < -0.3 is 5.32 Å². The van der Waals surface area contributed by atoms with E-state index in [9.17, 15) is 13.2 Å². The van der Waals surface area contributed by atoms with Crippen molar-refractivity contribution in [3.8, 4) is 0 Å². The topological polar surface area (TPSA) is 42.2 Å². The number of nitrogens with zero attached hydrogens (tertiary/aromatic N) is 3. The van der Waals surface area contributed by atoms with Crippen LogP contribution in [0.5, 0.6) is 0 Å². The Kier molecular flexibility index (Phi) is 2.92. The summed E-state index contributed by atoms with van der Waals surface area (Å²) in [7, 11) is 0. The standard InChI is InChI=1S/C11H13F3N4/c1-10(2,11(12,13)14)7-16-9-15-6-8-4-3-5-18(8)17-9/h3-6H,7H2,1-2H3,(H,16,17). The second kappa shape index (κ2) is 4.15. The average Bonchev–Trinajstić information content (AvgIpc) is 2.71. The number of rotatable bonds is 3. The fraction of sp³-hybridized carbons (Fsp3) is 0.455. The van der Waals surface area contributed by atoms with Gasteiger partial charge in [-0.15, -0.1) is 5.10 Å². The molecule has 98 valence electrons. The summed E-state index contributed by atoms with van der Waals surface area (Å²) in [5, 5.41) is 6.66. The Hall–Kier alpha value is -1.79. The Morgan fingerprint density at radius 2 is 2.06 bits per heavy atom. The predicted molar refractivity (Wildman–Crippen MR) is 61.3 cm³/mol. The fourth-order valence-corrected chi connectivity index (χ4v) is 1.32. The van der Waals surface area contributed by atoms with E-state index in [1.807, 2.05) is 6.07 Å². The zero-order valence-corrected chi connectivity index (χ0v) is 9.99. The number of nitrogens with one attached hydrogen (secondary N) is 1. The summed E-state index contributed by atoms with van der Waals surface area (Å²) >= 11 is 0. The monoisotopic (exact) mass is 258 g/mol. The molecule has 0 bridgehead atoms. The third-order valence-electron chi connectivity index (χ3n) is 2.74. The smallest absolute Gasteiger partial charge is 0.352 e. The van der Waals surface area contributed by atoms with Gasteiger partial charge in [-0.05, 0) is 26.0 Å². The maximum absolute atomic E-state index is 12.7. The molecular formula is C11H13F3N4. The number of hydrogen-bond donors (Lipinski definition) is 1. The molecular weight excluding hydrogens is 245 g/mol. The molecule has 1 N–H and O–H groups in total. The van der Waals surface area contributed by atoms with Gasteiger partial charge in [-0.2, -0.15) is 13.2 Å². The van der Waals surface area contributed by atoms with E-state index >= 15 is 0 Å². The molecule has 0 fully saturated rings. The molecule has 0 radical (unpaired) electrons. The van der Waals surface area contributed by atoms with Crippen LogP contribution in [0.2, 0.25) is 0 Å². The molecule has 18 heavy (non-hydrogen) atoms. The quantitative estimate of drug-likeness (QED) is 0.920. The highest BCUT2D eigenvalue weighted by Gasteiger charge is 2.47. The van der Waals surface area contributed by atoms with Gasteiger partial charge in [-0.25, -0.2) is 9.50 Å². The van der Waals surface area contributed by atoms with Gasteiger partial charge in [0.05, 0.1) is 17.1 Å². The summed E-state index contributed by atoms with van der Waals surface area (Å²) in [5.74, 6) is 0.177. The third-order valence-corrected chi connectivity index (χ3v) is 2.74. The van der Waals surface area contributed by atoms with Crippen LogP contribution in [-0.4, -0.2) is 27.3 Å². The average molecular weight is 258 g/mol. The maximum atomic E-state index is 12.7. The minimum absolute atomic E-state index is 0.177. The minimum Gasteiger partial charge on any atom is -0.352 e. The van der Waals surface area contributed by atoms with Crippen molar-refractivity contribution in [1.82, 2.24) is 14.6 Å². The Bertz CT molecular complexity index is 544. The molecule has 0 atom stereocenters. The Balaban J connectivity index is 2.10. The lowest BCUT2D eigenvalue weighted by molar-refractivity contribution is -0.206. The number of hydrogen-bond acceptors (Lipinski definition) is 3. The SMILES string of the molecule is CC(C)(CNc1ncc2cccn2n1)C(F)(F)F. The molecule has 0 spiro atoms.